The molecule has 0 aliphatic heterocycles. The number of halogens is 1. The Labute approximate surface area is 115 Å². The van der Waals surface area contributed by atoms with Gasteiger partial charge in [-0.1, -0.05) is 30.3 Å². The number of hydrogen-bond acceptors (Lipinski definition) is 1. The summed E-state index contributed by atoms with van der Waals surface area (Å²) < 4.78 is 12.9. The molecule has 0 spiro atoms. The molecule has 0 saturated heterocycles. The molecule has 2 nitrogen and oxygen atoms in total. The van der Waals surface area contributed by atoms with E-state index in [0.29, 0.717) is 5.57 Å². The van der Waals surface area contributed by atoms with Crippen molar-refractivity contribution in [1.29, 1.82) is 5.26 Å². The second kappa shape index (κ2) is 5.02. The second-order valence-electron chi connectivity index (χ2n) is 4.47. The van der Waals surface area contributed by atoms with Crippen LogP contribution in [-0.4, -0.2) is 4.98 Å². The van der Waals surface area contributed by atoms with Gasteiger partial charge in [-0.15, -0.1) is 0 Å². The number of rotatable bonds is 2. The van der Waals surface area contributed by atoms with E-state index in [1.807, 2.05) is 30.5 Å². The number of allylic oxidation sites excluding steroid dienone is 1. The van der Waals surface area contributed by atoms with Crippen molar-refractivity contribution in [2.45, 2.75) is 0 Å². The highest BCUT2D eigenvalue weighted by atomic mass is 19.1. The van der Waals surface area contributed by atoms with Gasteiger partial charge in [0.15, 0.2) is 0 Å². The minimum Gasteiger partial charge on any atom is -0.361 e. The number of nitrogens with zero attached hydrogens (tertiary/aromatic N) is 1. The van der Waals surface area contributed by atoms with Crippen LogP contribution in [0.25, 0.3) is 22.6 Å². The van der Waals surface area contributed by atoms with Crippen LogP contribution in [0.15, 0.2) is 54.7 Å². The largest absolute Gasteiger partial charge is 0.361 e. The van der Waals surface area contributed by atoms with E-state index in [1.54, 1.807) is 18.2 Å². The van der Waals surface area contributed by atoms with Gasteiger partial charge >= 0.3 is 0 Å². The minimum absolute atomic E-state index is 0.284. The molecule has 0 atom stereocenters. The van der Waals surface area contributed by atoms with Crippen molar-refractivity contribution in [3.05, 3.63) is 71.7 Å². The average molecular weight is 262 g/mol. The van der Waals surface area contributed by atoms with Crippen molar-refractivity contribution in [3.63, 3.8) is 0 Å². The number of H-pyrrole nitrogens is 1. The Morgan fingerprint density at radius 2 is 1.85 bits per heavy atom. The molecule has 1 heterocycles. The van der Waals surface area contributed by atoms with Crippen molar-refractivity contribution in [2.24, 2.45) is 0 Å². The molecule has 1 N–H and O–H groups in total. The molecule has 0 bridgehead atoms. The lowest BCUT2D eigenvalue weighted by Crippen LogP contribution is -1.81. The van der Waals surface area contributed by atoms with Crippen molar-refractivity contribution < 1.29 is 4.39 Å². The average Bonchev–Trinajstić information content (AvgIpc) is 2.91. The maximum atomic E-state index is 12.9. The summed E-state index contributed by atoms with van der Waals surface area (Å²) in [4.78, 5) is 3.15. The van der Waals surface area contributed by atoms with E-state index < -0.39 is 0 Å². The van der Waals surface area contributed by atoms with E-state index in [-0.39, 0.29) is 5.82 Å². The van der Waals surface area contributed by atoms with Crippen LogP contribution in [0, 0.1) is 17.1 Å². The Bertz CT molecular complexity index is 820. The highest BCUT2D eigenvalue weighted by molar-refractivity contribution is 6.01. The van der Waals surface area contributed by atoms with Crippen LogP contribution in [0.3, 0.4) is 0 Å². The lowest BCUT2D eigenvalue weighted by atomic mass is 10.0. The minimum atomic E-state index is -0.284. The van der Waals surface area contributed by atoms with E-state index >= 15 is 0 Å². The molecule has 0 radical (unpaired) electrons. The fourth-order valence-corrected chi connectivity index (χ4v) is 2.19. The van der Waals surface area contributed by atoms with Crippen LogP contribution in [0.4, 0.5) is 4.39 Å². The van der Waals surface area contributed by atoms with Gasteiger partial charge in [-0.25, -0.2) is 4.39 Å². The first-order chi connectivity index (χ1) is 9.78. The Hall–Kier alpha value is -2.86. The molecular formula is C17H11FN2. The number of nitriles is 1. The third-order valence-electron chi connectivity index (χ3n) is 3.18. The maximum Gasteiger partial charge on any atom is 0.123 e. The standard InChI is InChI=1S/C17H11FN2/c18-14-7-5-12(6-8-14)9-13(10-19)16-11-20-17-4-2-1-3-15(16)17/h1-9,11,20H. The monoisotopic (exact) mass is 262 g/mol. The zero-order chi connectivity index (χ0) is 13.9. The normalized spacial score (nSPS) is 11.5. The van der Waals surface area contributed by atoms with E-state index in [1.165, 1.54) is 12.1 Å². The number of aromatic nitrogens is 1. The first kappa shape index (κ1) is 12.2. The third kappa shape index (κ3) is 2.19. The van der Waals surface area contributed by atoms with Gasteiger partial charge in [0, 0.05) is 22.7 Å². The molecule has 96 valence electrons. The number of hydrogen-bond donors (Lipinski definition) is 1. The predicted molar refractivity (Wildman–Crippen MR) is 78.2 cm³/mol. The van der Waals surface area contributed by atoms with E-state index in [2.05, 4.69) is 11.1 Å². The number of nitrogens with one attached hydrogen (secondary N) is 1. The van der Waals surface area contributed by atoms with E-state index in [4.69, 9.17) is 0 Å². The first-order valence-electron chi connectivity index (χ1n) is 6.22. The zero-order valence-corrected chi connectivity index (χ0v) is 10.6. The molecule has 3 heteroatoms. The fourth-order valence-electron chi connectivity index (χ4n) is 2.19. The first-order valence-corrected chi connectivity index (χ1v) is 6.22. The maximum absolute atomic E-state index is 12.9. The van der Waals surface area contributed by atoms with Crippen LogP contribution in [0.5, 0.6) is 0 Å². The molecule has 0 aliphatic rings. The molecule has 0 amide bonds. The summed E-state index contributed by atoms with van der Waals surface area (Å²) in [6, 6.07) is 16.1. The molecule has 3 aromatic rings. The number of benzene rings is 2. The van der Waals surface area contributed by atoms with Crippen LogP contribution in [0.1, 0.15) is 11.1 Å². The summed E-state index contributed by atoms with van der Waals surface area (Å²) in [6.45, 7) is 0. The smallest absolute Gasteiger partial charge is 0.123 e. The summed E-state index contributed by atoms with van der Waals surface area (Å²) in [7, 11) is 0. The number of para-hydroxylation sites is 1. The molecule has 0 fully saturated rings. The topological polar surface area (TPSA) is 39.6 Å². The van der Waals surface area contributed by atoms with E-state index in [9.17, 15) is 9.65 Å². The summed E-state index contributed by atoms with van der Waals surface area (Å²) in [6.07, 6.45) is 3.58. The Balaban J connectivity index is 2.10. The number of aromatic amines is 1. The van der Waals surface area contributed by atoms with Crippen molar-refractivity contribution in [2.75, 3.05) is 0 Å². The molecule has 0 unspecified atom stereocenters. The van der Waals surface area contributed by atoms with Crippen LogP contribution in [-0.2, 0) is 0 Å². The van der Waals surface area contributed by atoms with Gasteiger partial charge in [-0.05, 0) is 29.8 Å². The van der Waals surface area contributed by atoms with Gasteiger partial charge < -0.3 is 4.98 Å². The van der Waals surface area contributed by atoms with E-state index in [0.717, 1.165) is 22.0 Å². The fraction of sp³-hybridized carbons (Fsp3) is 0. The zero-order valence-electron chi connectivity index (χ0n) is 10.6. The van der Waals surface area contributed by atoms with Gasteiger partial charge in [0.25, 0.3) is 0 Å². The van der Waals surface area contributed by atoms with Gasteiger partial charge in [0.2, 0.25) is 0 Å². The summed E-state index contributed by atoms with van der Waals surface area (Å²) in [5.41, 5.74) is 3.19. The van der Waals surface area contributed by atoms with Crippen LogP contribution in [0.2, 0.25) is 0 Å². The molecule has 3 rings (SSSR count). The molecule has 20 heavy (non-hydrogen) atoms. The predicted octanol–water partition coefficient (Wildman–Crippen LogP) is 4.37. The van der Waals surface area contributed by atoms with Gasteiger partial charge in [0.1, 0.15) is 5.82 Å². The highest BCUT2D eigenvalue weighted by Crippen LogP contribution is 2.26. The third-order valence-corrected chi connectivity index (χ3v) is 3.18. The summed E-state index contributed by atoms with van der Waals surface area (Å²) >= 11 is 0. The summed E-state index contributed by atoms with van der Waals surface area (Å²) in [5.74, 6) is -0.284. The Morgan fingerprint density at radius 3 is 2.60 bits per heavy atom. The summed E-state index contributed by atoms with van der Waals surface area (Å²) in [5, 5.41) is 10.4. The SMILES string of the molecule is N#CC(=Cc1ccc(F)cc1)c1c[nH]c2ccccc12. The lowest BCUT2D eigenvalue weighted by Gasteiger charge is -1.98. The molecule has 0 aliphatic carbocycles. The quantitative estimate of drug-likeness (QED) is 0.684. The van der Waals surface area contributed by atoms with Crippen molar-refractivity contribution in [3.8, 4) is 6.07 Å². The number of fused-ring (bicyclic) bond motifs is 1. The van der Waals surface area contributed by atoms with Gasteiger partial charge in [-0.3, -0.25) is 0 Å². The molecule has 2 aromatic carbocycles. The van der Waals surface area contributed by atoms with Crippen molar-refractivity contribution in [1.82, 2.24) is 4.98 Å². The molecule has 1 aromatic heterocycles. The van der Waals surface area contributed by atoms with Gasteiger partial charge in [0.05, 0.1) is 11.6 Å². The molecule has 0 saturated carbocycles. The second-order valence-corrected chi connectivity index (χ2v) is 4.47. The highest BCUT2D eigenvalue weighted by Gasteiger charge is 2.07. The lowest BCUT2D eigenvalue weighted by molar-refractivity contribution is 0.628. The van der Waals surface area contributed by atoms with Crippen LogP contribution < -0.4 is 0 Å². The Kier molecular flexibility index (Phi) is 3.06. The molecular weight excluding hydrogens is 251 g/mol. The van der Waals surface area contributed by atoms with Crippen LogP contribution >= 0.6 is 0 Å². The van der Waals surface area contributed by atoms with Gasteiger partial charge in [-0.2, -0.15) is 5.26 Å². The van der Waals surface area contributed by atoms with Crippen molar-refractivity contribution >= 4 is 22.6 Å². The Morgan fingerprint density at radius 1 is 1.10 bits per heavy atom.